The largest absolute Gasteiger partial charge is 0.455 e. The van der Waals surface area contributed by atoms with E-state index in [1.54, 1.807) is 18.2 Å². The van der Waals surface area contributed by atoms with Gasteiger partial charge in [0.25, 0.3) is 0 Å². The molecular weight excluding hydrogens is 292 g/mol. The first kappa shape index (κ1) is 14.8. The number of aryl methyl sites for hydroxylation is 2. The van der Waals surface area contributed by atoms with Crippen molar-refractivity contribution in [3.05, 3.63) is 52.3 Å². The molecule has 0 aliphatic heterocycles. The molecule has 0 saturated carbocycles. The molecular formula is C15H15ClN2OS. The Balaban J connectivity index is 2.44. The van der Waals surface area contributed by atoms with Gasteiger partial charge >= 0.3 is 0 Å². The molecule has 0 spiro atoms. The van der Waals surface area contributed by atoms with E-state index in [1.165, 1.54) is 0 Å². The first-order valence-electron chi connectivity index (χ1n) is 6.25. The lowest BCUT2D eigenvalue weighted by Gasteiger charge is -2.13. The summed E-state index contributed by atoms with van der Waals surface area (Å²) in [6.07, 6.45) is 0.778. The number of nitrogens with zero attached hydrogens (tertiary/aromatic N) is 1. The lowest BCUT2D eigenvalue weighted by molar-refractivity contribution is 0.472. The Hall–Kier alpha value is -1.65. The van der Waals surface area contributed by atoms with Gasteiger partial charge in [-0.1, -0.05) is 30.7 Å². The summed E-state index contributed by atoms with van der Waals surface area (Å²) in [5, 5.41) is 0.568. The zero-order valence-electron chi connectivity index (χ0n) is 11.3. The van der Waals surface area contributed by atoms with Crippen molar-refractivity contribution in [2.45, 2.75) is 20.3 Å². The highest BCUT2D eigenvalue weighted by atomic mass is 35.5. The number of pyridine rings is 1. The number of benzene rings is 1. The summed E-state index contributed by atoms with van der Waals surface area (Å²) in [7, 11) is 0. The number of rotatable bonds is 4. The van der Waals surface area contributed by atoms with Gasteiger partial charge in [-0.05, 0) is 37.6 Å². The minimum absolute atomic E-state index is 0.273. The number of thiocarbonyl (C=S) groups is 1. The summed E-state index contributed by atoms with van der Waals surface area (Å²) in [4.78, 5) is 4.74. The number of halogens is 1. The third-order valence-corrected chi connectivity index (χ3v) is 3.29. The standard InChI is InChI=1S/C15H15ClN2OS/c1-3-12-13(7-4-9(2)18-12)19-14-8-10(16)5-6-11(14)15(17)20/h4-8H,3H2,1-2H3,(H2,17,20). The zero-order valence-corrected chi connectivity index (χ0v) is 12.9. The van der Waals surface area contributed by atoms with Crippen molar-refractivity contribution in [3.63, 3.8) is 0 Å². The summed E-state index contributed by atoms with van der Waals surface area (Å²) in [6, 6.07) is 8.99. The number of hydrogen-bond acceptors (Lipinski definition) is 3. The van der Waals surface area contributed by atoms with E-state index in [0.717, 1.165) is 17.8 Å². The molecule has 2 aromatic rings. The number of aromatic nitrogens is 1. The smallest absolute Gasteiger partial charge is 0.148 e. The van der Waals surface area contributed by atoms with Crippen LogP contribution >= 0.6 is 23.8 Å². The monoisotopic (exact) mass is 306 g/mol. The lowest BCUT2D eigenvalue weighted by atomic mass is 10.2. The van der Waals surface area contributed by atoms with E-state index in [2.05, 4.69) is 4.98 Å². The first-order valence-corrected chi connectivity index (χ1v) is 7.03. The van der Waals surface area contributed by atoms with Crippen LogP contribution in [0.5, 0.6) is 11.5 Å². The van der Waals surface area contributed by atoms with Crippen LogP contribution in [0, 0.1) is 6.92 Å². The average Bonchev–Trinajstić information content (AvgIpc) is 2.40. The molecule has 1 aromatic heterocycles. The fourth-order valence-electron chi connectivity index (χ4n) is 1.85. The molecule has 1 heterocycles. The Bertz CT molecular complexity index is 658. The second-order valence-electron chi connectivity index (χ2n) is 4.36. The van der Waals surface area contributed by atoms with E-state index >= 15 is 0 Å². The van der Waals surface area contributed by atoms with Gasteiger partial charge in [-0.25, -0.2) is 0 Å². The second kappa shape index (κ2) is 6.20. The maximum atomic E-state index is 6.01. The lowest BCUT2D eigenvalue weighted by Crippen LogP contribution is -2.11. The summed E-state index contributed by atoms with van der Waals surface area (Å²) in [5.41, 5.74) is 8.21. The van der Waals surface area contributed by atoms with Crippen LogP contribution in [0.15, 0.2) is 30.3 Å². The Morgan fingerprint density at radius 1 is 1.30 bits per heavy atom. The minimum atomic E-state index is 0.273. The molecule has 0 radical (unpaired) electrons. The Morgan fingerprint density at radius 3 is 2.70 bits per heavy atom. The number of nitrogens with two attached hydrogens (primary N) is 1. The number of hydrogen-bond donors (Lipinski definition) is 1. The van der Waals surface area contributed by atoms with Crippen molar-refractivity contribution in [1.29, 1.82) is 0 Å². The van der Waals surface area contributed by atoms with E-state index in [0.29, 0.717) is 22.1 Å². The molecule has 2 rings (SSSR count). The van der Waals surface area contributed by atoms with Crippen LogP contribution < -0.4 is 10.5 Å². The highest BCUT2D eigenvalue weighted by Gasteiger charge is 2.11. The molecule has 1 aromatic carbocycles. The molecule has 0 saturated heterocycles. The molecule has 0 amide bonds. The highest BCUT2D eigenvalue weighted by Crippen LogP contribution is 2.30. The Morgan fingerprint density at radius 2 is 2.05 bits per heavy atom. The van der Waals surface area contributed by atoms with Crippen molar-refractivity contribution >= 4 is 28.8 Å². The molecule has 0 atom stereocenters. The van der Waals surface area contributed by atoms with Crippen LogP contribution in [-0.2, 0) is 6.42 Å². The van der Waals surface area contributed by atoms with Crippen LogP contribution in [0.25, 0.3) is 0 Å². The fourth-order valence-corrected chi connectivity index (χ4v) is 2.18. The third-order valence-electron chi connectivity index (χ3n) is 2.84. The van der Waals surface area contributed by atoms with Crippen molar-refractivity contribution in [2.24, 2.45) is 5.73 Å². The molecule has 5 heteroatoms. The van der Waals surface area contributed by atoms with Crippen molar-refractivity contribution in [3.8, 4) is 11.5 Å². The van der Waals surface area contributed by atoms with Gasteiger partial charge in [0.15, 0.2) is 0 Å². The SMILES string of the molecule is CCc1nc(C)ccc1Oc1cc(Cl)ccc1C(N)=S. The van der Waals surface area contributed by atoms with Crippen LogP contribution in [0.1, 0.15) is 23.9 Å². The van der Waals surface area contributed by atoms with Crippen LogP contribution in [-0.4, -0.2) is 9.97 Å². The van der Waals surface area contributed by atoms with Gasteiger partial charge in [-0.3, -0.25) is 4.98 Å². The van der Waals surface area contributed by atoms with Crippen LogP contribution in [0.4, 0.5) is 0 Å². The van der Waals surface area contributed by atoms with Crippen LogP contribution in [0.3, 0.4) is 0 Å². The van der Waals surface area contributed by atoms with Crippen molar-refractivity contribution in [1.82, 2.24) is 4.98 Å². The van der Waals surface area contributed by atoms with Crippen molar-refractivity contribution in [2.75, 3.05) is 0 Å². The van der Waals surface area contributed by atoms with Gasteiger partial charge in [0, 0.05) is 16.8 Å². The predicted molar refractivity (Wildman–Crippen MR) is 85.8 cm³/mol. The van der Waals surface area contributed by atoms with Gasteiger partial charge in [0.1, 0.15) is 16.5 Å². The van der Waals surface area contributed by atoms with E-state index < -0.39 is 0 Å². The van der Waals surface area contributed by atoms with E-state index in [-0.39, 0.29) is 4.99 Å². The summed E-state index contributed by atoms with van der Waals surface area (Å²) in [6.45, 7) is 3.98. The molecule has 104 valence electrons. The highest BCUT2D eigenvalue weighted by molar-refractivity contribution is 7.80. The molecule has 0 bridgehead atoms. The van der Waals surface area contributed by atoms with Gasteiger partial charge in [0.05, 0.1) is 11.3 Å². The second-order valence-corrected chi connectivity index (χ2v) is 5.23. The van der Waals surface area contributed by atoms with Crippen molar-refractivity contribution < 1.29 is 4.74 Å². The van der Waals surface area contributed by atoms with Gasteiger partial charge in [-0.2, -0.15) is 0 Å². The molecule has 0 unspecified atom stereocenters. The summed E-state index contributed by atoms with van der Waals surface area (Å²) < 4.78 is 5.91. The summed E-state index contributed by atoms with van der Waals surface area (Å²) >= 11 is 11.0. The molecule has 0 fully saturated rings. The van der Waals surface area contributed by atoms with Gasteiger partial charge < -0.3 is 10.5 Å². The molecule has 0 aliphatic carbocycles. The van der Waals surface area contributed by atoms with E-state index in [9.17, 15) is 0 Å². The minimum Gasteiger partial charge on any atom is -0.455 e. The van der Waals surface area contributed by atoms with Gasteiger partial charge in [0.2, 0.25) is 0 Å². The number of ether oxygens (including phenoxy) is 1. The average molecular weight is 307 g/mol. The summed E-state index contributed by atoms with van der Waals surface area (Å²) in [5.74, 6) is 1.24. The van der Waals surface area contributed by atoms with Gasteiger partial charge in [-0.15, -0.1) is 0 Å². The molecule has 0 aliphatic rings. The first-order chi connectivity index (χ1) is 9.51. The van der Waals surface area contributed by atoms with E-state index in [1.807, 2.05) is 26.0 Å². The molecule has 20 heavy (non-hydrogen) atoms. The predicted octanol–water partition coefficient (Wildman–Crippen LogP) is 4.03. The zero-order chi connectivity index (χ0) is 14.7. The quantitative estimate of drug-likeness (QED) is 0.866. The molecule has 2 N–H and O–H groups in total. The third kappa shape index (κ3) is 3.26. The Kier molecular flexibility index (Phi) is 4.57. The maximum Gasteiger partial charge on any atom is 0.148 e. The topological polar surface area (TPSA) is 48.1 Å². The van der Waals surface area contributed by atoms with E-state index in [4.69, 9.17) is 34.3 Å². The normalized spacial score (nSPS) is 10.3. The van der Waals surface area contributed by atoms with Crippen LogP contribution in [0.2, 0.25) is 5.02 Å². The fraction of sp³-hybridized carbons (Fsp3) is 0.200. The maximum absolute atomic E-state index is 6.01. The Labute approximate surface area is 128 Å². The molecule has 3 nitrogen and oxygen atoms in total.